The minimum absolute atomic E-state index is 0.185. The maximum atomic E-state index is 6.13. The lowest BCUT2D eigenvalue weighted by atomic mass is 10.2. The molecule has 2 N–H and O–H groups in total. The Bertz CT molecular complexity index is 166. The van der Waals surface area contributed by atoms with Crippen LogP contribution in [0.5, 0.6) is 0 Å². The Morgan fingerprint density at radius 1 is 1.36 bits per heavy atom. The Hall–Kier alpha value is 0.620. The molecule has 2 nitrogen and oxygen atoms in total. The molecule has 0 aliphatic carbocycles. The molecule has 0 aromatic heterocycles. The molecule has 0 radical (unpaired) electrons. The normalized spacial score (nSPS) is 30.6. The number of nitrogens with two attached hydrogens (primary N) is 1. The average Bonchev–Trinajstić information content (AvgIpc) is 2.15. The van der Waals surface area contributed by atoms with E-state index >= 15 is 0 Å². The Kier molecular flexibility index (Phi) is 5.67. The summed E-state index contributed by atoms with van der Waals surface area (Å²) in [7, 11) is 0. The van der Waals surface area contributed by atoms with Crippen LogP contribution in [0.1, 0.15) is 20.8 Å². The van der Waals surface area contributed by atoms with Gasteiger partial charge in [-0.05, 0) is 13.8 Å². The van der Waals surface area contributed by atoms with Gasteiger partial charge in [0.2, 0.25) is 0 Å². The first-order valence-electron chi connectivity index (χ1n) is 5.21. The Morgan fingerprint density at radius 2 is 2.00 bits per heavy atom. The SMILES string of the molecule is CC(C)OCC(N)C1SCCSC1C. The number of rotatable bonds is 4. The molecule has 1 aliphatic rings. The van der Waals surface area contributed by atoms with Gasteiger partial charge in [-0.2, -0.15) is 23.5 Å². The second-order valence-electron chi connectivity index (χ2n) is 3.96. The van der Waals surface area contributed by atoms with Crippen LogP contribution in [0.3, 0.4) is 0 Å². The number of thioether (sulfide) groups is 2. The van der Waals surface area contributed by atoms with Gasteiger partial charge in [0.15, 0.2) is 0 Å². The third-order valence-electron chi connectivity index (χ3n) is 2.28. The van der Waals surface area contributed by atoms with E-state index in [0.717, 1.165) is 0 Å². The maximum Gasteiger partial charge on any atom is 0.0632 e. The molecule has 0 bridgehead atoms. The highest BCUT2D eigenvalue weighted by atomic mass is 32.2. The second-order valence-corrected chi connectivity index (χ2v) is 6.73. The van der Waals surface area contributed by atoms with Gasteiger partial charge in [0.25, 0.3) is 0 Å². The fourth-order valence-corrected chi connectivity index (χ4v) is 4.39. The van der Waals surface area contributed by atoms with Gasteiger partial charge in [-0.25, -0.2) is 0 Å². The van der Waals surface area contributed by atoms with Crippen LogP contribution in [0.4, 0.5) is 0 Å². The number of ether oxygens (including phenoxy) is 1. The average molecular weight is 235 g/mol. The van der Waals surface area contributed by atoms with Gasteiger partial charge >= 0.3 is 0 Å². The monoisotopic (exact) mass is 235 g/mol. The van der Waals surface area contributed by atoms with Crippen LogP contribution in [-0.4, -0.2) is 40.8 Å². The molecule has 84 valence electrons. The Labute approximate surface area is 95.7 Å². The minimum Gasteiger partial charge on any atom is -0.377 e. The van der Waals surface area contributed by atoms with Crippen molar-refractivity contribution in [2.24, 2.45) is 5.73 Å². The van der Waals surface area contributed by atoms with Gasteiger partial charge in [-0.15, -0.1) is 0 Å². The third-order valence-corrected chi connectivity index (χ3v) is 5.55. The lowest BCUT2D eigenvalue weighted by Gasteiger charge is -2.32. The van der Waals surface area contributed by atoms with Crippen molar-refractivity contribution in [3.63, 3.8) is 0 Å². The van der Waals surface area contributed by atoms with Gasteiger partial charge in [0, 0.05) is 28.0 Å². The molecule has 1 heterocycles. The summed E-state index contributed by atoms with van der Waals surface area (Å²) < 4.78 is 5.56. The summed E-state index contributed by atoms with van der Waals surface area (Å²) in [6.07, 6.45) is 0.289. The predicted molar refractivity (Wildman–Crippen MR) is 67.2 cm³/mol. The van der Waals surface area contributed by atoms with Crippen LogP contribution >= 0.6 is 23.5 Å². The highest BCUT2D eigenvalue weighted by Gasteiger charge is 2.28. The van der Waals surface area contributed by atoms with E-state index in [0.29, 0.717) is 17.1 Å². The molecule has 3 atom stereocenters. The highest BCUT2D eigenvalue weighted by Crippen LogP contribution is 2.32. The summed E-state index contributed by atoms with van der Waals surface area (Å²) in [5, 5.41) is 1.23. The van der Waals surface area contributed by atoms with E-state index in [1.807, 2.05) is 23.5 Å². The fourth-order valence-electron chi connectivity index (χ4n) is 1.52. The zero-order valence-corrected chi connectivity index (χ0v) is 10.9. The van der Waals surface area contributed by atoms with E-state index in [-0.39, 0.29) is 12.1 Å². The quantitative estimate of drug-likeness (QED) is 0.808. The lowest BCUT2D eigenvalue weighted by Crippen LogP contribution is -2.44. The first-order valence-corrected chi connectivity index (χ1v) is 7.31. The van der Waals surface area contributed by atoms with E-state index in [9.17, 15) is 0 Å². The molecule has 3 unspecified atom stereocenters. The van der Waals surface area contributed by atoms with Crippen molar-refractivity contribution < 1.29 is 4.74 Å². The summed E-state index contributed by atoms with van der Waals surface area (Å²) in [6, 6.07) is 0.185. The van der Waals surface area contributed by atoms with E-state index < -0.39 is 0 Å². The second kappa shape index (κ2) is 6.26. The third kappa shape index (κ3) is 4.01. The number of hydrogen-bond donors (Lipinski definition) is 1. The van der Waals surface area contributed by atoms with Crippen LogP contribution in [0.15, 0.2) is 0 Å². The van der Waals surface area contributed by atoms with E-state index in [1.165, 1.54) is 11.5 Å². The molecule has 4 heteroatoms. The molecule has 1 saturated heterocycles. The standard InChI is InChI=1S/C10H21NOS2/c1-7(2)12-6-9(11)10-8(3)13-4-5-14-10/h7-10H,4-6,11H2,1-3H3. The molecule has 0 amide bonds. The van der Waals surface area contributed by atoms with Crippen LogP contribution in [0.2, 0.25) is 0 Å². The summed E-state index contributed by atoms with van der Waals surface area (Å²) in [5.41, 5.74) is 6.13. The van der Waals surface area contributed by atoms with Gasteiger partial charge in [-0.3, -0.25) is 0 Å². The van der Waals surface area contributed by atoms with Crippen molar-refractivity contribution in [1.29, 1.82) is 0 Å². The fraction of sp³-hybridized carbons (Fsp3) is 1.00. The molecule has 1 aliphatic heterocycles. The minimum atomic E-state index is 0.185. The summed E-state index contributed by atoms with van der Waals surface area (Å²) >= 11 is 4.04. The molecule has 1 fully saturated rings. The molecular weight excluding hydrogens is 214 g/mol. The number of hydrogen-bond acceptors (Lipinski definition) is 4. The molecule has 0 spiro atoms. The summed E-state index contributed by atoms with van der Waals surface area (Å²) in [6.45, 7) is 7.08. The largest absolute Gasteiger partial charge is 0.377 e. The van der Waals surface area contributed by atoms with Gasteiger partial charge < -0.3 is 10.5 Å². The zero-order chi connectivity index (χ0) is 10.6. The first kappa shape index (κ1) is 12.7. The topological polar surface area (TPSA) is 35.2 Å². The molecule has 0 aromatic carbocycles. The molecule has 1 rings (SSSR count). The van der Waals surface area contributed by atoms with Crippen molar-refractivity contribution in [3.8, 4) is 0 Å². The van der Waals surface area contributed by atoms with Crippen LogP contribution in [0.25, 0.3) is 0 Å². The Morgan fingerprint density at radius 3 is 2.57 bits per heavy atom. The van der Waals surface area contributed by atoms with Crippen molar-refractivity contribution >= 4 is 23.5 Å². The molecule has 14 heavy (non-hydrogen) atoms. The summed E-state index contributed by atoms with van der Waals surface area (Å²) in [5.74, 6) is 2.50. The predicted octanol–water partition coefficient (Wildman–Crippen LogP) is 1.98. The van der Waals surface area contributed by atoms with Crippen molar-refractivity contribution in [2.75, 3.05) is 18.1 Å². The van der Waals surface area contributed by atoms with Crippen LogP contribution in [-0.2, 0) is 4.74 Å². The lowest BCUT2D eigenvalue weighted by molar-refractivity contribution is 0.0680. The summed E-state index contributed by atoms with van der Waals surface area (Å²) in [4.78, 5) is 0. The maximum absolute atomic E-state index is 6.13. The van der Waals surface area contributed by atoms with Crippen LogP contribution < -0.4 is 5.73 Å². The van der Waals surface area contributed by atoms with Crippen molar-refractivity contribution in [2.45, 2.75) is 43.4 Å². The van der Waals surface area contributed by atoms with Gasteiger partial charge in [0.1, 0.15) is 0 Å². The first-order chi connectivity index (χ1) is 6.61. The van der Waals surface area contributed by atoms with Gasteiger partial charge in [-0.1, -0.05) is 6.92 Å². The molecular formula is C10H21NOS2. The van der Waals surface area contributed by atoms with E-state index in [4.69, 9.17) is 10.5 Å². The van der Waals surface area contributed by atoms with E-state index in [1.54, 1.807) is 0 Å². The highest BCUT2D eigenvalue weighted by molar-refractivity contribution is 8.07. The van der Waals surface area contributed by atoms with Crippen LogP contribution in [0, 0.1) is 0 Å². The van der Waals surface area contributed by atoms with Crippen molar-refractivity contribution in [3.05, 3.63) is 0 Å². The smallest absolute Gasteiger partial charge is 0.0632 e. The van der Waals surface area contributed by atoms with E-state index in [2.05, 4.69) is 20.8 Å². The zero-order valence-electron chi connectivity index (χ0n) is 9.23. The molecule has 0 aromatic rings. The van der Waals surface area contributed by atoms with Gasteiger partial charge in [0.05, 0.1) is 12.7 Å². The Balaban J connectivity index is 2.30. The molecule has 0 saturated carbocycles. The van der Waals surface area contributed by atoms with Crippen molar-refractivity contribution in [1.82, 2.24) is 0 Å².